The van der Waals surface area contributed by atoms with E-state index in [2.05, 4.69) is 95.3 Å². The number of nitrogens with zero attached hydrogens (tertiary/aromatic N) is 1. The van der Waals surface area contributed by atoms with Gasteiger partial charge in [-0.25, -0.2) is 0 Å². The van der Waals surface area contributed by atoms with Crippen LogP contribution in [0.3, 0.4) is 0 Å². The molecule has 4 aromatic rings. The molecule has 0 fully saturated rings. The number of para-hydroxylation sites is 1. The van der Waals surface area contributed by atoms with Crippen LogP contribution >= 0.6 is 0 Å². The molecule has 0 bridgehead atoms. The van der Waals surface area contributed by atoms with E-state index < -0.39 is 0 Å². The summed E-state index contributed by atoms with van der Waals surface area (Å²) in [6.45, 7) is 11.0. The third kappa shape index (κ3) is 5.96. The highest BCUT2D eigenvalue weighted by molar-refractivity contribution is 5.70. The molecule has 0 amide bonds. The van der Waals surface area contributed by atoms with Crippen LogP contribution in [0.2, 0.25) is 0 Å². The van der Waals surface area contributed by atoms with Crippen molar-refractivity contribution in [3.8, 4) is 22.8 Å². The van der Waals surface area contributed by atoms with Crippen molar-refractivity contribution in [3.05, 3.63) is 112 Å². The van der Waals surface area contributed by atoms with Crippen molar-refractivity contribution in [2.24, 2.45) is 0 Å². The van der Waals surface area contributed by atoms with Crippen LogP contribution in [0.25, 0.3) is 11.3 Å². The van der Waals surface area contributed by atoms with E-state index in [1.54, 1.807) is 0 Å². The molecule has 0 aliphatic heterocycles. The van der Waals surface area contributed by atoms with Gasteiger partial charge < -0.3 is 9.47 Å². The van der Waals surface area contributed by atoms with Crippen molar-refractivity contribution in [3.63, 3.8) is 0 Å². The first-order valence-corrected chi connectivity index (χ1v) is 13.0. The maximum atomic E-state index is 6.41. The van der Waals surface area contributed by atoms with E-state index in [-0.39, 0.29) is 6.10 Å². The molecule has 1 aromatic heterocycles. The Morgan fingerprint density at radius 3 is 2.06 bits per heavy atom. The summed E-state index contributed by atoms with van der Waals surface area (Å²) >= 11 is 0. The van der Waals surface area contributed by atoms with Crippen molar-refractivity contribution in [1.29, 1.82) is 0 Å². The van der Waals surface area contributed by atoms with Crippen LogP contribution in [-0.2, 0) is 25.9 Å². The highest BCUT2D eigenvalue weighted by Gasteiger charge is 2.18. The first-order valence-electron chi connectivity index (χ1n) is 13.0. The minimum Gasteiger partial charge on any atom is -0.490 e. The SMILES string of the molecule is CCc1cccc(CC)c1-c1cc(OC(C)C)c(COc2ccccc2Cc2ccccc2)c(C)n1. The second kappa shape index (κ2) is 11.9. The third-order valence-corrected chi connectivity index (χ3v) is 6.49. The summed E-state index contributed by atoms with van der Waals surface area (Å²) < 4.78 is 12.7. The number of benzene rings is 3. The lowest BCUT2D eigenvalue weighted by atomic mass is 9.94. The van der Waals surface area contributed by atoms with Crippen LogP contribution in [0.5, 0.6) is 11.5 Å². The van der Waals surface area contributed by atoms with Gasteiger partial charge in [0.15, 0.2) is 0 Å². The topological polar surface area (TPSA) is 31.4 Å². The summed E-state index contributed by atoms with van der Waals surface area (Å²) in [6, 6.07) is 27.4. The zero-order valence-electron chi connectivity index (χ0n) is 22.2. The maximum Gasteiger partial charge on any atom is 0.130 e. The minimum atomic E-state index is 0.0517. The maximum absolute atomic E-state index is 6.41. The molecule has 186 valence electrons. The van der Waals surface area contributed by atoms with Crippen LogP contribution in [0.1, 0.15) is 61.2 Å². The average Bonchev–Trinajstić information content (AvgIpc) is 2.88. The van der Waals surface area contributed by atoms with E-state index in [1.165, 1.54) is 27.8 Å². The Morgan fingerprint density at radius 1 is 0.750 bits per heavy atom. The second-order valence-electron chi connectivity index (χ2n) is 9.45. The van der Waals surface area contributed by atoms with Crippen molar-refractivity contribution in [2.75, 3.05) is 0 Å². The molecule has 0 unspecified atom stereocenters. The van der Waals surface area contributed by atoms with Gasteiger partial charge in [-0.1, -0.05) is 80.6 Å². The largest absolute Gasteiger partial charge is 0.490 e. The van der Waals surface area contributed by atoms with Crippen LogP contribution in [-0.4, -0.2) is 11.1 Å². The smallest absolute Gasteiger partial charge is 0.130 e. The highest BCUT2D eigenvalue weighted by atomic mass is 16.5. The Balaban J connectivity index is 1.68. The molecule has 3 heteroatoms. The van der Waals surface area contributed by atoms with Crippen molar-refractivity contribution < 1.29 is 9.47 Å². The molecule has 0 aliphatic rings. The summed E-state index contributed by atoms with van der Waals surface area (Å²) in [5, 5.41) is 0. The predicted octanol–water partition coefficient (Wildman–Crippen LogP) is 8.14. The molecule has 3 aromatic carbocycles. The van der Waals surface area contributed by atoms with E-state index >= 15 is 0 Å². The van der Waals surface area contributed by atoms with Crippen LogP contribution in [0.15, 0.2) is 78.9 Å². The molecular formula is C33H37NO2. The fraction of sp³-hybridized carbons (Fsp3) is 0.303. The molecule has 0 spiro atoms. The van der Waals surface area contributed by atoms with Gasteiger partial charge in [-0.15, -0.1) is 0 Å². The molecule has 0 atom stereocenters. The van der Waals surface area contributed by atoms with Crippen molar-refractivity contribution in [2.45, 2.75) is 66.6 Å². The molecule has 0 saturated carbocycles. The van der Waals surface area contributed by atoms with Crippen molar-refractivity contribution in [1.82, 2.24) is 4.98 Å². The van der Waals surface area contributed by atoms with Crippen LogP contribution in [0.4, 0.5) is 0 Å². The van der Waals surface area contributed by atoms with Gasteiger partial charge in [0.2, 0.25) is 0 Å². The van der Waals surface area contributed by atoms with Gasteiger partial charge in [0.25, 0.3) is 0 Å². The van der Waals surface area contributed by atoms with Gasteiger partial charge in [0.05, 0.1) is 17.4 Å². The normalized spacial score (nSPS) is 11.1. The fourth-order valence-corrected chi connectivity index (χ4v) is 4.66. The number of ether oxygens (including phenoxy) is 2. The summed E-state index contributed by atoms with van der Waals surface area (Å²) in [5.41, 5.74) is 9.21. The zero-order chi connectivity index (χ0) is 25.5. The van der Waals surface area contributed by atoms with Crippen molar-refractivity contribution >= 4 is 0 Å². The molecule has 0 saturated heterocycles. The third-order valence-electron chi connectivity index (χ3n) is 6.49. The first kappa shape index (κ1) is 25.5. The Hall–Kier alpha value is -3.59. The number of pyridine rings is 1. The highest BCUT2D eigenvalue weighted by Crippen LogP contribution is 2.34. The van der Waals surface area contributed by atoms with Crippen LogP contribution in [0, 0.1) is 6.92 Å². The van der Waals surface area contributed by atoms with Gasteiger partial charge in [-0.2, -0.15) is 0 Å². The van der Waals surface area contributed by atoms with E-state index in [4.69, 9.17) is 14.5 Å². The van der Waals surface area contributed by atoms with Gasteiger partial charge in [0, 0.05) is 23.7 Å². The minimum absolute atomic E-state index is 0.0517. The van der Waals surface area contributed by atoms with Gasteiger partial charge in [-0.05, 0) is 61.9 Å². The Morgan fingerprint density at radius 2 is 1.39 bits per heavy atom. The summed E-state index contributed by atoms with van der Waals surface area (Å²) in [7, 11) is 0. The summed E-state index contributed by atoms with van der Waals surface area (Å²) in [4.78, 5) is 5.07. The van der Waals surface area contributed by atoms with E-state index in [9.17, 15) is 0 Å². The van der Waals surface area contributed by atoms with E-state index in [0.717, 1.165) is 47.7 Å². The number of rotatable bonds is 10. The number of hydrogen-bond acceptors (Lipinski definition) is 3. The molecule has 1 heterocycles. The fourth-order valence-electron chi connectivity index (χ4n) is 4.66. The molecule has 0 radical (unpaired) electrons. The second-order valence-corrected chi connectivity index (χ2v) is 9.45. The van der Waals surface area contributed by atoms with E-state index in [1.807, 2.05) is 18.2 Å². The van der Waals surface area contributed by atoms with Gasteiger partial charge in [0.1, 0.15) is 18.1 Å². The zero-order valence-corrected chi connectivity index (χ0v) is 22.2. The van der Waals surface area contributed by atoms with E-state index in [0.29, 0.717) is 6.61 Å². The number of hydrogen-bond donors (Lipinski definition) is 0. The lowest BCUT2D eigenvalue weighted by Crippen LogP contribution is -2.12. The lowest BCUT2D eigenvalue weighted by molar-refractivity contribution is 0.229. The molecule has 36 heavy (non-hydrogen) atoms. The number of aryl methyl sites for hydroxylation is 3. The lowest BCUT2D eigenvalue weighted by Gasteiger charge is -2.20. The molecule has 4 rings (SSSR count). The van der Waals surface area contributed by atoms with Gasteiger partial charge in [-0.3, -0.25) is 4.98 Å². The summed E-state index contributed by atoms with van der Waals surface area (Å²) in [6.07, 6.45) is 2.81. The molecular weight excluding hydrogens is 442 g/mol. The Bertz CT molecular complexity index is 1270. The summed E-state index contributed by atoms with van der Waals surface area (Å²) in [5.74, 6) is 1.74. The number of aromatic nitrogens is 1. The Kier molecular flexibility index (Phi) is 8.43. The van der Waals surface area contributed by atoms with Crippen LogP contribution < -0.4 is 9.47 Å². The average molecular weight is 480 g/mol. The molecule has 0 aliphatic carbocycles. The monoisotopic (exact) mass is 479 g/mol. The standard InChI is InChI=1S/C33H37NO2/c1-6-26-17-13-18-27(7-2)33(26)30-21-32(36-23(3)4)29(24(5)34-30)22-35-31-19-12-11-16-28(31)20-25-14-9-8-10-15-25/h8-19,21,23H,6-7,20,22H2,1-5H3. The Labute approximate surface area is 216 Å². The molecule has 0 N–H and O–H groups in total. The van der Waals surface area contributed by atoms with Gasteiger partial charge >= 0.3 is 0 Å². The molecule has 3 nitrogen and oxygen atoms in total. The first-order chi connectivity index (χ1) is 17.5. The predicted molar refractivity (Wildman–Crippen MR) is 149 cm³/mol. The quantitative estimate of drug-likeness (QED) is 0.230.